The Hall–Kier alpha value is -4.14. The number of nitrogens with zero attached hydrogens (tertiary/aromatic N) is 8. The summed E-state index contributed by atoms with van der Waals surface area (Å²) >= 11 is 0. The molecular formula is C21H19N9. The van der Waals surface area contributed by atoms with Crippen LogP contribution in [0.4, 0.5) is 5.95 Å². The van der Waals surface area contributed by atoms with Crippen molar-refractivity contribution in [1.29, 1.82) is 0 Å². The van der Waals surface area contributed by atoms with Crippen LogP contribution < -0.4 is 5.32 Å². The second kappa shape index (κ2) is 7.36. The fraction of sp³-hybridized carbons (Fsp3) is 0.143. The molecule has 0 unspecified atom stereocenters. The predicted molar refractivity (Wildman–Crippen MR) is 113 cm³/mol. The van der Waals surface area contributed by atoms with Gasteiger partial charge in [-0.05, 0) is 47.2 Å². The SMILES string of the molecule is C[C@H](Nc1nccc(-n2cnc3cc(-c4nnnn4C)ccc32)n1)c1ccccc1. The van der Waals surface area contributed by atoms with E-state index in [9.17, 15) is 0 Å². The number of benzene rings is 2. The van der Waals surface area contributed by atoms with Crippen LogP contribution in [0, 0.1) is 0 Å². The van der Waals surface area contributed by atoms with E-state index in [1.165, 1.54) is 5.56 Å². The third kappa shape index (κ3) is 3.26. The van der Waals surface area contributed by atoms with Crippen molar-refractivity contribution in [3.8, 4) is 17.2 Å². The molecule has 0 spiro atoms. The van der Waals surface area contributed by atoms with Gasteiger partial charge in [0.2, 0.25) is 5.95 Å². The quantitative estimate of drug-likeness (QED) is 0.486. The number of hydrogen-bond acceptors (Lipinski definition) is 7. The zero-order valence-corrected chi connectivity index (χ0v) is 16.5. The molecule has 0 saturated heterocycles. The average Bonchev–Trinajstić information content (AvgIpc) is 3.40. The molecular weight excluding hydrogens is 378 g/mol. The molecule has 9 heteroatoms. The Morgan fingerprint density at radius 3 is 2.67 bits per heavy atom. The van der Waals surface area contributed by atoms with Gasteiger partial charge in [0.25, 0.3) is 0 Å². The molecule has 5 aromatic rings. The van der Waals surface area contributed by atoms with Crippen molar-refractivity contribution < 1.29 is 0 Å². The molecule has 2 aromatic carbocycles. The molecule has 0 saturated carbocycles. The zero-order valence-electron chi connectivity index (χ0n) is 16.5. The number of imidazole rings is 1. The monoisotopic (exact) mass is 397 g/mol. The molecule has 1 N–H and O–H groups in total. The van der Waals surface area contributed by atoms with E-state index in [1.807, 2.05) is 54.1 Å². The lowest BCUT2D eigenvalue weighted by Gasteiger charge is -2.14. The minimum absolute atomic E-state index is 0.0866. The molecule has 0 aliphatic rings. The molecule has 0 aliphatic heterocycles. The van der Waals surface area contributed by atoms with Crippen molar-refractivity contribution in [2.24, 2.45) is 7.05 Å². The summed E-state index contributed by atoms with van der Waals surface area (Å²) in [4.78, 5) is 13.6. The second-order valence-electron chi connectivity index (χ2n) is 6.96. The summed E-state index contributed by atoms with van der Waals surface area (Å²) in [7, 11) is 1.81. The summed E-state index contributed by atoms with van der Waals surface area (Å²) in [5.41, 5.74) is 3.85. The van der Waals surface area contributed by atoms with E-state index >= 15 is 0 Å². The number of nitrogens with one attached hydrogen (secondary N) is 1. The van der Waals surface area contributed by atoms with Crippen LogP contribution in [0.5, 0.6) is 0 Å². The number of fused-ring (bicyclic) bond motifs is 1. The van der Waals surface area contributed by atoms with Crippen LogP contribution in [0.2, 0.25) is 0 Å². The molecule has 0 fully saturated rings. The van der Waals surface area contributed by atoms with E-state index in [0.717, 1.165) is 22.4 Å². The van der Waals surface area contributed by atoms with Crippen molar-refractivity contribution in [3.63, 3.8) is 0 Å². The number of anilines is 1. The fourth-order valence-corrected chi connectivity index (χ4v) is 3.38. The van der Waals surface area contributed by atoms with Crippen LogP contribution in [-0.4, -0.2) is 39.7 Å². The normalized spacial score (nSPS) is 12.2. The van der Waals surface area contributed by atoms with E-state index < -0.39 is 0 Å². The number of rotatable bonds is 5. The Morgan fingerprint density at radius 1 is 1.00 bits per heavy atom. The molecule has 30 heavy (non-hydrogen) atoms. The summed E-state index contributed by atoms with van der Waals surface area (Å²) in [6, 6.07) is 18.1. The van der Waals surface area contributed by atoms with Crippen molar-refractivity contribution in [1.82, 2.24) is 39.7 Å². The van der Waals surface area contributed by atoms with Crippen molar-refractivity contribution >= 4 is 17.0 Å². The molecule has 1 atom stereocenters. The zero-order chi connectivity index (χ0) is 20.5. The van der Waals surface area contributed by atoms with Gasteiger partial charge in [0.1, 0.15) is 12.1 Å². The number of tetrazole rings is 1. The third-order valence-electron chi connectivity index (χ3n) is 4.96. The topological polar surface area (TPSA) is 99.2 Å². The number of aromatic nitrogens is 8. The highest BCUT2D eigenvalue weighted by atomic mass is 15.5. The highest BCUT2D eigenvalue weighted by molar-refractivity contribution is 5.82. The van der Waals surface area contributed by atoms with Crippen molar-refractivity contribution in [2.75, 3.05) is 5.32 Å². The molecule has 0 aliphatic carbocycles. The third-order valence-corrected chi connectivity index (χ3v) is 4.96. The maximum atomic E-state index is 4.68. The van der Waals surface area contributed by atoms with Gasteiger partial charge in [-0.1, -0.05) is 30.3 Å². The van der Waals surface area contributed by atoms with Gasteiger partial charge in [0.05, 0.1) is 17.1 Å². The van der Waals surface area contributed by atoms with Gasteiger partial charge in [-0.2, -0.15) is 4.98 Å². The minimum Gasteiger partial charge on any atom is -0.348 e. The van der Waals surface area contributed by atoms with E-state index in [2.05, 4.69) is 54.9 Å². The van der Waals surface area contributed by atoms with Gasteiger partial charge in [-0.3, -0.25) is 4.57 Å². The first-order valence-corrected chi connectivity index (χ1v) is 9.54. The Labute approximate surface area is 172 Å². The predicted octanol–water partition coefficient (Wildman–Crippen LogP) is 3.18. The summed E-state index contributed by atoms with van der Waals surface area (Å²) in [6.45, 7) is 2.08. The van der Waals surface area contributed by atoms with E-state index in [0.29, 0.717) is 11.8 Å². The van der Waals surface area contributed by atoms with Gasteiger partial charge in [0, 0.05) is 18.8 Å². The molecule has 3 aromatic heterocycles. The molecule has 0 amide bonds. The van der Waals surface area contributed by atoms with Crippen LogP contribution in [0.15, 0.2) is 67.1 Å². The van der Waals surface area contributed by atoms with Crippen LogP contribution in [0.3, 0.4) is 0 Å². The Kier molecular flexibility index (Phi) is 4.40. The molecule has 0 bridgehead atoms. The van der Waals surface area contributed by atoms with E-state index in [1.54, 1.807) is 17.2 Å². The number of aryl methyl sites for hydroxylation is 1. The molecule has 0 radical (unpaired) electrons. The second-order valence-corrected chi connectivity index (χ2v) is 6.96. The first-order valence-electron chi connectivity index (χ1n) is 9.54. The maximum Gasteiger partial charge on any atom is 0.225 e. The van der Waals surface area contributed by atoms with E-state index in [4.69, 9.17) is 0 Å². The van der Waals surface area contributed by atoms with Crippen molar-refractivity contribution in [2.45, 2.75) is 13.0 Å². The smallest absolute Gasteiger partial charge is 0.225 e. The van der Waals surface area contributed by atoms with Crippen molar-refractivity contribution in [3.05, 3.63) is 72.7 Å². The van der Waals surface area contributed by atoms with Crippen LogP contribution >= 0.6 is 0 Å². The standard InChI is InChI=1S/C21H19N9/c1-14(15-6-4-3-5-7-15)24-21-22-11-10-19(25-21)30-13-23-17-12-16(8-9-18(17)30)20-26-27-28-29(20)2/h3-14H,1-2H3,(H,22,24,25)/t14-/m0/s1. The highest BCUT2D eigenvalue weighted by Crippen LogP contribution is 2.24. The van der Waals surface area contributed by atoms with Gasteiger partial charge < -0.3 is 5.32 Å². The first kappa shape index (κ1) is 17.9. The maximum absolute atomic E-state index is 4.68. The summed E-state index contributed by atoms with van der Waals surface area (Å²) < 4.78 is 3.57. The van der Waals surface area contributed by atoms with Gasteiger partial charge in [0.15, 0.2) is 5.82 Å². The lowest BCUT2D eigenvalue weighted by molar-refractivity contribution is 0.715. The number of hydrogen-bond donors (Lipinski definition) is 1. The molecule has 148 valence electrons. The highest BCUT2D eigenvalue weighted by Gasteiger charge is 2.12. The Bertz CT molecular complexity index is 1310. The minimum atomic E-state index is 0.0866. The van der Waals surface area contributed by atoms with Crippen LogP contribution in [0.1, 0.15) is 18.5 Å². The molecule has 9 nitrogen and oxygen atoms in total. The molecule has 5 rings (SSSR count). The first-order chi connectivity index (χ1) is 14.7. The Morgan fingerprint density at radius 2 is 1.87 bits per heavy atom. The Balaban J connectivity index is 1.46. The average molecular weight is 397 g/mol. The van der Waals surface area contributed by atoms with Gasteiger partial charge in [-0.15, -0.1) is 5.10 Å². The largest absolute Gasteiger partial charge is 0.348 e. The molecule has 3 heterocycles. The fourth-order valence-electron chi connectivity index (χ4n) is 3.38. The van der Waals surface area contributed by atoms with Gasteiger partial charge in [-0.25, -0.2) is 14.6 Å². The lowest BCUT2D eigenvalue weighted by Crippen LogP contribution is -2.10. The summed E-state index contributed by atoms with van der Waals surface area (Å²) in [5, 5.41) is 15.0. The summed E-state index contributed by atoms with van der Waals surface area (Å²) in [5.74, 6) is 1.99. The van der Waals surface area contributed by atoms with Crippen LogP contribution in [0.25, 0.3) is 28.2 Å². The van der Waals surface area contributed by atoms with Crippen LogP contribution in [-0.2, 0) is 7.05 Å². The lowest BCUT2D eigenvalue weighted by atomic mass is 10.1. The summed E-state index contributed by atoms with van der Waals surface area (Å²) in [6.07, 6.45) is 3.50. The van der Waals surface area contributed by atoms with Gasteiger partial charge >= 0.3 is 0 Å². The van der Waals surface area contributed by atoms with E-state index in [-0.39, 0.29) is 6.04 Å².